The lowest BCUT2D eigenvalue weighted by Crippen LogP contribution is -2.58. The fourth-order valence-corrected chi connectivity index (χ4v) is 6.72. The number of aliphatic hydroxyl groups excluding tert-OH is 4. The third kappa shape index (κ3) is 5.00. The van der Waals surface area contributed by atoms with Gasteiger partial charge in [0.05, 0.1) is 6.61 Å². The van der Waals surface area contributed by atoms with E-state index in [1.54, 1.807) is 0 Å². The predicted molar refractivity (Wildman–Crippen MR) is 107 cm³/mol. The predicted octanol–water partition coefficient (Wildman–Crippen LogP) is 1.24. The smallest absolute Gasteiger partial charge is 0.132 e. The van der Waals surface area contributed by atoms with Crippen molar-refractivity contribution in [2.45, 2.75) is 106 Å². The Hall–Kier alpha value is 0.110. The normalized spacial score (nSPS) is 47.9. The van der Waals surface area contributed by atoms with Gasteiger partial charge in [0.2, 0.25) is 0 Å². The van der Waals surface area contributed by atoms with E-state index in [0.717, 1.165) is 18.8 Å². The first-order valence-corrected chi connectivity index (χ1v) is 11.4. The topological polar surface area (TPSA) is 102 Å². The van der Waals surface area contributed by atoms with E-state index in [-0.39, 0.29) is 17.3 Å². The molecule has 1 saturated heterocycles. The Morgan fingerprint density at radius 2 is 1.78 bits per heavy atom. The van der Waals surface area contributed by atoms with Crippen LogP contribution in [0.15, 0.2) is 0 Å². The molecule has 3 aliphatic rings. The molecule has 5 N–H and O–H groups in total. The SMILES string of the molecule is CC1CCCC(NC2CC(S[C@@H]3O[C@H](CO)[C@H](O)[C@H](O)[C@H]3O)C(C)(C)C2)C1. The molecule has 0 spiro atoms. The molecule has 0 aromatic rings. The number of rotatable bonds is 5. The molecule has 9 atom stereocenters. The lowest BCUT2D eigenvalue weighted by atomic mass is 9.86. The van der Waals surface area contributed by atoms with E-state index in [1.165, 1.54) is 37.4 Å². The lowest BCUT2D eigenvalue weighted by Gasteiger charge is -2.41. The molecular weight excluding hydrogens is 366 g/mol. The number of ether oxygens (including phenoxy) is 1. The quantitative estimate of drug-likeness (QED) is 0.471. The van der Waals surface area contributed by atoms with E-state index in [1.807, 2.05) is 0 Å². The summed E-state index contributed by atoms with van der Waals surface area (Å²) in [5.41, 5.74) is -0.556. The molecule has 0 radical (unpaired) electrons. The van der Waals surface area contributed by atoms with Crippen LogP contribution in [-0.2, 0) is 4.74 Å². The highest BCUT2D eigenvalue weighted by Gasteiger charge is 2.48. The van der Waals surface area contributed by atoms with Gasteiger partial charge in [0.25, 0.3) is 0 Å². The molecule has 158 valence electrons. The zero-order valence-electron chi connectivity index (χ0n) is 16.8. The Bertz CT molecular complexity index is 491. The van der Waals surface area contributed by atoms with E-state index >= 15 is 0 Å². The van der Waals surface area contributed by atoms with Crippen LogP contribution in [0.3, 0.4) is 0 Å². The van der Waals surface area contributed by atoms with Gasteiger partial charge in [-0.15, -0.1) is 11.8 Å². The van der Waals surface area contributed by atoms with Crippen LogP contribution in [0.1, 0.15) is 59.3 Å². The Morgan fingerprint density at radius 1 is 1.04 bits per heavy atom. The summed E-state index contributed by atoms with van der Waals surface area (Å²) < 4.78 is 5.72. The van der Waals surface area contributed by atoms with Crippen LogP contribution in [0.25, 0.3) is 0 Å². The summed E-state index contributed by atoms with van der Waals surface area (Å²) in [6, 6.07) is 1.06. The second-order valence-corrected chi connectivity index (χ2v) is 10.9. The molecule has 0 bridgehead atoms. The first kappa shape index (κ1) is 21.8. The fourth-order valence-electron chi connectivity index (χ4n) is 5.05. The lowest BCUT2D eigenvalue weighted by molar-refractivity contribution is -0.205. The molecule has 4 unspecified atom stereocenters. The van der Waals surface area contributed by atoms with Gasteiger partial charge in [-0.3, -0.25) is 0 Å². The van der Waals surface area contributed by atoms with Crippen molar-refractivity contribution in [3.05, 3.63) is 0 Å². The van der Waals surface area contributed by atoms with Crippen molar-refractivity contribution in [2.24, 2.45) is 11.3 Å². The Kier molecular flexibility index (Phi) is 7.16. The number of hydrogen-bond acceptors (Lipinski definition) is 7. The van der Waals surface area contributed by atoms with Crippen LogP contribution in [0, 0.1) is 11.3 Å². The summed E-state index contributed by atoms with van der Waals surface area (Å²) in [7, 11) is 0. The molecule has 2 aliphatic carbocycles. The third-order valence-electron chi connectivity index (χ3n) is 6.70. The van der Waals surface area contributed by atoms with Crippen molar-refractivity contribution in [1.29, 1.82) is 0 Å². The van der Waals surface area contributed by atoms with Crippen LogP contribution < -0.4 is 5.32 Å². The van der Waals surface area contributed by atoms with Crippen molar-refractivity contribution in [1.82, 2.24) is 5.32 Å². The van der Waals surface area contributed by atoms with Gasteiger partial charge in [-0.05, 0) is 37.0 Å². The third-order valence-corrected chi connectivity index (χ3v) is 8.51. The summed E-state index contributed by atoms with van der Waals surface area (Å²) in [5.74, 6) is 0.796. The molecule has 1 heterocycles. The molecule has 0 amide bonds. The van der Waals surface area contributed by atoms with Gasteiger partial charge in [-0.25, -0.2) is 0 Å². The van der Waals surface area contributed by atoms with E-state index in [9.17, 15) is 20.4 Å². The van der Waals surface area contributed by atoms with Gasteiger partial charge in [0, 0.05) is 17.3 Å². The maximum absolute atomic E-state index is 10.4. The van der Waals surface area contributed by atoms with Crippen molar-refractivity contribution in [3.63, 3.8) is 0 Å². The largest absolute Gasteiger partial charge is 0.394 e. The maximum Gasteiger partial charge on any atom is 0.132 e. The molecule has 7 heteroatoms. The van der Waals surface area contributed by atoms with Gasteiger partial charge in [-0.2, -0.15) is 0 Å². The highest BCUT2D eigenvalue weighted by molar-refractivity contribution is 8.00. The molecule has 3 fully saturated rings. The number of thioether (sulfide) groups is 1. The van der Waals surface area contributed by atoms with Crippen LogP contribution in [-0.4, -0.2) is 74.2 Å². The van der Waals surface area contributed by atoms with Crippen LogP contribution in [0.2, 0.25) is 0 Å². The molecule has 3 rings (SSSR count). The van der Waals surface area contributed by atoms with Crippen molar-refractivity contribution in [3.8, 4) is 0 Å². The Labute approximate surface area is 167 Å². The highest BCUT2D eigenvalue weighted by atomic mass is 32.2. The fraction of sp³-hybridized carbons (Fsp3) is 1.00. The van der Waals surface area contributed by atoms with Gasteiger partial charge >= 0.3 is 0 Å². The van der Waals surface area contributed by atoms with Gasteiger partial charge in [-0.1, -0.05) is 33.6 Å². The minimum absolute atomic E-state index is 0.0847. The molecule has 27 heavy (non-hydrogen) atoms. The summed E-state index contributed by atoms with van der Waals surface area (Å²) in [6.07, 6.45) is 2.65. The molecule has 6 nitrogen and oxygen atoms in total. The van der Waals surface area contributed by atoms with E-state index in [2.05, 4.69) is 26.1 Å². The van der Waals surface area contributed by atoms with E-state index in [0.29, 0.717) is 12.1 Å². The summed E-state index contributed by atoms with van der Waals surface area (Å²) in [6.45, 7) is 6.46. The zero-order chi connectivity index (χ0) is 19.8. The van der Waals surface area contributed by atoms with Crippen molar-refractivity contribution in [2.75, 3.05) is 6.61 Å². The molecule has 1 aliphatic heterocycles. The average Bonchev–Trinajstić information content (AvgIpc) is 2.88. The van der Waals surface area contributed by atoms with Gasteiger partial charge in [0.1, 0.15) is 29.9 Å². The Balaban J connectivity index is 1.59. The Morgan fingerprint density at radius 3 is 2.44 bits per heavy atom. The first-order chi connectivity index (χ1) is 12.7. The summed E-state index contributed by atoms with van der Waals surface area (Å²) in [5, 5.41) is 43.9. The highest BCUT2D eigenvalue weighted by Crippen LogP contribution is 2.48. The minimum Gasteiger partial charge on any atom is -0.394 e. The molecular formula is C20H37NO5S. The van der Waals surface area contributed by atoms with Crippen molar-refractivity contribution >= 4 is 11.8 Å². The first-order valence-electron chi connectivity index (χ1n) is 10.4. The monoisotopic (exact) mass is 403 g/mol. The summed E-state index contributed by atoms with van der Waals surface area (Å²) >= 11 is 1.54. The minimum atomic E-state index is -1.30. The summed E-state index contributed by atoms with van der Waals surface area (Å²) in [4.78, 5) is 0. The van der Waals surface area contributed by atoms with Crippen molar-refractivity contribution < 1.29 is 25.2 Å². The molecule has 0 aromatic heterocycles. The number of nitrogens with one attached hydrogen (secondary N) is 1. The maximum atomic E-state index is 10.4. The molecule has 0 aromatic carbocycles. The number of hydrogen-bond donors (Lipinski definition) is 5. The van der Waals surface area contributed by atoms with Gasteiger partial charge in [0.15, 0.2) is 0 Å². The second kappa shape index (κ2) is 8.86. The second-order valence-electron chi connectivity index (χ2n) is 9.58. The van der Waals surface area contributed by atoms with Gasteiger partial charge < -0.3 is 30.5 Å². The van der Waals surface area contributed by atoms with Crippen LogP contribution >= 0.6 is 11.8 Å². The van der Waals surface area contributed by atoms with E-state index < -0.39 is 29.9 Å². The standard InChI is InChI=1S/C20H37NO5S/c1-11-5-4-6-12(7-11)21-13-8-15(20(2,3)9-13)27-19-18(25)17(24)16(23)14(10-22)26-19/h11-19,21-25H,4-10H2,1-3H3/t11?,12?,13?,14-,15?,16+,17+,18-,19+/m1/s1. The van der Waals surface area contributed by atoms with Crippen LogP contribution in [0.4, 0.5) is 0 Å². The average molecular weight is 404 g/mol. The molecule has 2 saturated carbocycles. The van der Waals surface area contributed by atoms with E-state index in [4.69, 9.17) is 4.74 Å². The zero-order valence-corrected chi connectivity index (χ0v) is 17.6. The van der Waals surface area contributed by atoms with Crippen LogP contribution in [0.5, 0.6) is 0 Å². The number of aliphatic hydroxyl groups is 4.